The molecule has 4 rings (SSSR count). The molecule has 0 aliphatic carbocycles. The number of rotatable bonds is 7. The number of aromatic hydroxyl groups is 3. The second-order valence-corrected chi connectivity index (χ2v) is 8.03. The number of phenolic OH excluding ortho intramolecular Hbond substituents is 2. The van der Waals surface area contributed by atoms with Gasteiger partial charge in [-0.25, -0.2) is 4.79 Å². The van der Waals surface area contributed by atoms with Crippen LogP contribution in [0, 0.1) is 0 Å². The quantitative estimate of drug-likeness (QED) is 0.190. The molecule has 14 nitrogen and oxygen atoms in total. The molecule has 1 aliphatic heterocycles. The van der Waals surface area contributed by atoms with Gasteiger partial charge in [-0.15, -0.1) is 0 Å². The SMILES string of the molecule is O=C(O)C1OC(Oc2cc(O)c3c(=O)c(O)c(-c4ccc(OCCO)c(O)c4)oc3c2)C(O)C(O)C1O. The van der Waals surface area contributed by atoms with Gasteiger partial charge < -0.3 is 59.5 Å². The molecule has 1 saturated heterocycles. The maximum absolute atomic E-state index is 12.8. The molecule has 37 heavy (non-hydrogen) atoms. The van der Waals surface area contributed by atoms with E-state index in [1.165, 1.54) is 12.1 Å². The van der Waals surface area contributed by atoms with Crippen LogP contribution in [0.15, 0.2) is 39.5 Å². The van der Waals surface area contributed by atoms with Gasteiger partial charge in [-0.3, -0.25) is 4.79 Å². The summed E-state index contributed by atoms with van der Waals surface area (Å²) in [5.74, 6) is -4.27. The van der Waals surface area contributed by atoms with E-state index in [1.807, 2.05) is 0 Å². The molecule has 14 heteroatoms. The third-order valence-electron chi connectivity index (χ3n) is 5.56. The van der Waals surface area contributed by atoms with Crippen molar-refractivity contribution in [3.05, 3.63) is 40.6 Å². The molecule has 1 aliphatic rings. The first-order valence-corrected chi connectivity index (χ1v) is 10.7. The van der Waals surface area contributed by atoms with Gasteiger partial charge in [0, 0.05) is 17.7 Å². The average molecular weight is 522 g/mol. The Hall–Kier alpha value is -4.08. The molecule has 0 bridgehead atoms. The molecule has 1 aromatic heterocycles. The lowest BCUT2D eigenvalue weighted by molar-refractivity contribution is -0.271. The summed E-state index contributed by atoms with van der Waals surface area (Å²) in [6, 6.07) is 5.76. The predicted molar refractivity (Wildman–Crippen MR) is 120 cm³/mol. The minimum Gasteiger partial charge on any atom is -0.507 e. The number of aliphatic hydroxyl groups is 4. The summed E-state index contributed by atoms with van der Waals surface area (Å²) in [6.45, 7) is -0.386. The molecule has 3 aromatic rings. The molecule has 1 fully saturated rings. The first-order valence-electron chi connectivity index (χ1n) is 10.7. The Morgan fingerprint density at radius 2 is 1.70 bits per heavy atom. The lowest BCUT2D eigenvalue weighted by Gasteiger charge is -2.38. The van der Waals surface area contributed by atoms with E-state index >= 15 is 0 Å². The van der Waals surface area contributed by atoms with Crippen molar-refractivity contribution < 1.29 is 64.3 Å². The zero-order valence-electron chi connectivity index (χ0n) is 18.7. The average Bonchev–Trinajstić information content (AvgIpc) is 2.85. The number of fused-ring (bicyclic) bond motifs is 1. The first kappa shape index (κ1) is 26.0. The van der Waals surface area contributed by atoms with E-state index in [0.717, 1.165) is 18.2 Å². The smallest absolute Gasteiger partial charge is 0.335 e. The van der Waals surface area contributed by atoms with Gasteiger partial charge >= 0.3 is 5.97 Å². The number of hydrogen-bond acceptors (Lipinski definition) is 13. The normalized spacial score (nSPS) is 23.6. The van der Waals surface area contributed by atoms with Crippen LogP contribution in [0.2, 0.25) is 0 Å². The number of aliphatic hydroxyl groups excluding tert-OH is 4. The molecule has 0 spiro atoms. The van der Waals surface area contributed by atoms with Crippen molar-refractivity contribution in [3.63, 3.8) is 0 Å². The predicted octanol–water partition coefficient (Wildman–Crippen LogP) is -0.781. The van der Waals surface area contributed by atoms with Crippen LogP contribution in [-0.2, 0) is 9.53 Å². The van der Waals surface area contributed by atoms with Crippen LogP contribution < -0.4 is 14.9 Å². The van der Waals surface area contributed by atoms with E-state index in [-0.39, 0.29) is 41.6 Å². The molecule has 0 saturated carbocycles. The van der Waals surface area contributed by atoms with E-state index in [0.29, 0.717) is 0 Å². The van der Waals surface area contributed by atoms with Gasteiger partial charge in [0.25, 0.3) is 0 Å². The number of carboxylic acids is 1. The van der Waals surface area contributed by atoms with E-state index in [2.05, 4.69) is 0 Å². The Balaban J connectivity index is 1.73. The minimum atomic E-state index is -1.95. The second kappa shape index (κ2) is 10.1. The van der Waals surface area contributed by atoms with Crippen LogP contribution in [-0.4, -0.2) is 90.7 Å². The van der Waals surface area contributed by atoms with Crippen molar-refractivity contribution >= 4 is 16.9 Å². The molecule has 2 aromatic carbocycles. The standard InChI is InChI=1S/C23H22O14/c24-3-4-34-12-2-1-8(5-10(12)25)20-17(29)15(27)14-11(26)6-9(7-13(14)36-20)35-23-19(31)16(28)18(30)21(37-23)22(32)33/h1-2,5-7,16,18-19,21,23-26,28-31H,3-4H2,(H,32,33). The van der Waals surface area contributed by atoms with Gasteiger partial charge in [0.2, 0.25) is 17.5 Å². The summed E-state index contributed by atoms with van der Waals surface area (Å²) in [5, 5.41) is 78.5. The highest BCUT2D eigenvalue weighted by molar-refractivity contribution is 5.88. The number of phenols is 2. The molecule has 0 radical (unpaired) electrons. The lowest BCUT2D eigenvalue weighted by atomic mass is 9.99. The fraction of sp³-hybridized carbons (Fsp3) is 0.304. The molecule has 5 unspecified atom stereocenters. The van der Waals surface area contributed by atoms with Gasteiger partial charge in [0.15, 0.2) is 23.4 Å². The third-order valence-corrected chi connectivity index (χ3v) is 5.56. The van der Waals surface area contributed by atoms with E-state index < -0.39 is 64.7 Å². The molecular weight excluding hydrogens is 500 g/mol. The van der Waals surface area contributed by atoms with Crippen molar-refractivity contribution in [1.29, 1.82) is 0 Å². The molecule has 0 amide bonds. The van der Waals surface area contributed by atoms with Crippen LogP contribution in [0.3, 0.4) is 0 Å². The van der Waals surface area contributed by atoms with Gasteiger partial charge in [0.1, 0.15) is 47.4 Å². The Kier molecular flexibility index (Phi) is 7.11. The number of carboxylic acid groups (broad SMARTS) is 1. The summed E-state index contributed by atoms with van der Waals surface area (Å²) in [5.41, 5.74) is -1.30. The number of ether oxygens (including phenoxy) is 3. The Labute approximate surface area is 206 Å². The second-order valence-electron chi connectivity index (χ2n) is 8.03. The van der Waals surface area contributed by atoms with Gasteiger partial charge in [0.05, 0.1) is 6.61 Å². The highest BCUT2D eigenvalue weighted by Crippen LogP contribution is 2.38. The molecule has 198 valence electrons. The Morgan fingerprint density at radius 1 is 0.973 bits per heavy atom. The van der Waals surface area contributed by atoms with Crippen LogP contribution in [0.4, 0.5) is 0 Å². The fourth-order valence-electron chi connectivity index (χ4n) is 3.75. The van der Waals surface area contributed by atoms with E-state index in [9.17, 15) is 45.3 Å². The maximum Gasteiger partial charge on any atom is 0.335 e. The van der Waals surface area contributed by atoms with Crippen LogP contribution in [0.5, 0.6) is 28.7 Å². The van der Waals surface area contributed by atoms with Crippen LogP contribution in [0.1, 0.15) is 0 Å². The maximum atomic E-state index is 12.8. The summed E-state index contributed by atoms with van der Waals surface area (Å²) < 4.78 is 21.2. The molecule has 2 heterocycles. The van der Waals surface area contributed by atoms with Crippen molar-refractivity contribution in [2.75, 3.05) is 13.2 Å². The molecule has 8 N–H and O–H groups in total. The first-order chi connectivity index (χ1) is 17.5. The zero-order chi connectivity index (χ0) is 27.0. The highest BCUT2D eigenvalue weighted by Gasteiger charge is 2.48. The molecular formula is C23H22O14. The van der Waals surface area contributed by atoms with Crippen molar-refractivity contribution in [1.82, 2.24) is 0 Å². The number of hydrogen-bond donors (Lipinski definition) is 8. The Morgan fingerprint density at radius 3 is 2.35 bits per heavy atom. The van der Waals surface area contributed by atoms with Gasteiger partial charge in [-0.05, 0) is 18.2 Å². The highest BCUT2D eigenvalue weighted by atomic mass is 16.7. The zero-order valence-corrected chi connectivity index (χ0v) is 18.7. The summed E-state index contributed by atoms with van der Waals surface area (Å²) >= 11 is 0. The van der Waals surface area contributed by atoms with E-state index in [1.54, 1.807) is 0 Å². The fourth-order valence-corrected chi connectivity index (χ4v) is 3.75. The summed E-state index contributed by atoms with van der Waals surface area (Å²) in [7, 11) is 0. The summed E-state index contributed by atoms with van der Waals surface area (Å²) in [6.07, 6.45) is -9.51. The van der Waals surface area contributed by atoms with Gasteiger partial charge in [-0.2, -0.15) is 0 Å². The largest absolute Gasteiger partial charge is 0.507 e. The van der Waals surface area contributed by atoms with E-state index in [4.69, 9.17) is 23.7 Å². The lowest BCUT2D eigenvalue weighted by Crippen LogP contribution is -2.61. The monoisotopic (exact) mass is 522 g/mol. The topological polar surface area (TPSA) is 237 Å². The van der Waals surface area contributed by atoms with Crippen molar-refractivity contribution in [2.45, 2.75) is 30.7 Å². The molecule has 5 atom stereocenters. The van der Waals surface area contributed by atoms with Crippen molar-refractivity contribution in [2.24, 2.45) is 0 Å². The number of carbonyl (C=O) groups is 1. The Bertz CT molecular complexity index is 1380. The van der Waals surface area contributed by atoms with Crippen molar-refractivity contribution in [3.8, 4) is 40.1 Å². The van der Waals surface area contributed by atoms with Crippen LogP contribution >= 0.6 is 0 Å². The number of benzene rings is 2. The minimum absolute atomic E-state index is 0.0202. The summed E-state index contributed by atoms with van der Waals surface area (Å²) in [4.78, 5) is 24.1. The van der Waals surface area contributed by atoms with Crippen LogP contribution in [0.25, 0.3) is 22.3 Å². The number of aliphatic carboxylic acids is 1. The third kappa shape index (κ3) is 4.83. The van der Waals surface area contributed by atoms with Gasteiger partial charge in [-0.1, -0.05) is 0 Å².